The number of hydrogen-bond acceptors (Lipinski definition) is 5. The lowest BCUT2D eigenvalue weighted by atomic mass is 10.2. The van der Waals surface area contributed by atoms with E-state index in [1.54, 1.807) is 7.11 Å². The van der Waals surface area contributed by atoms with Crippen molar-refractivity contribution >= 4 is 27.6 Å². The molecule has 5 nitrogen and oxygen atoms in total. The van der Waals surface area contributed by atoms with Gasteiger partial charge in [0.1, 0.15) is 18.2 Å². The number of ether oxygens (including phenoxy) is 1. The van der Waals surface area contributed by atoms with Crippen molar-refractivity contribution < 1.29 is 4.74 Å². The topological polar surface area (TPSA) is 50.3 Å². The van der Waals surface area contributed by atoms with E-state index < -0.39 is 0 Å². The van der Waals surface area contributed by atoms with Crippen LogP contribution in [0.15, 0.2) is 34.8 Å². The van der Waals surface area contributed by atoms with Crippen LogP contribution >= 0.6 is 15.9 Å². The largest absolute Gasteiger partial charge is 0.377 e. The van der Waals surface area contributed by atoms with Gasteiger partial charge in [-0.2, -0.15) is 0 Å². The molecule has 0 saturated carbocycles. The van der Waals surface area contributed by atoms with Crippen LogP contribution in [0.3, 0.4) is 0 Å². The number of rotatable bonds is 6. The SMILES string of the molecule is CNc1cc(N(C)Cc2ccc(Br)cc2)nc(COC)n1. The Morgan fingerprint density at radius 3 is 2.57 bits per heavy atom. The monoisotopic (exact) mass is 350 g/mol. The molecular formula is C15H19BrN4O. The molecular weight excluding hydrogens is 332 g/mol. The second kappa shape index (κ2) is 7.38. The van der Waals surface area contributed by atoms with Crippen molar-refractivity contribution in [2.24, 2.45) is 0 Å². The van der Waals surface area contributed by atoms with Crippen LogP contribution < -0.4 is 10.2 Å². The summed E-state index contributed by atoms with van der Waals surface area (Å²) in [6.45, 7) is 1.18. The van der Waals surface area contributed by atoms with Gasteiger partial charge < -0.3 is 15.0 Å². The molecule has 112 valence electrons. The average molecular weight is 351 g/mol. The maximum Gasteiger partial charge on any atom is 0.158 e. The van der Waals surface area contributed by atoms with Gasteiger partial charge in [0.25, 0.3) is 0 Å². The number of aromatic nitrogens is 2. The smallest absolute Gasteiger partial charge is 0.158 e. The second-order valence-corrected chi connectivity index (χ2v) is 5.61. The third-order valence-electron chi connectivity index (χ3n) is 3.01. The first-order valence-electron chi connectivity index (χ1n) is 6.62. The molecule has 0 amide bonds. The number of nitrogens with zero attached hydrogens (tertiary/aromatic N) is 3. The van der Waals surface area contributed by atoms with Gasteiger partial charge in [0.05, 0.1) is 0 Å². The zero-order valence-corrected chi connectivity index (χ0v) is 14.0. The van der Waals surface area contributed by atoms with Crippen molar-refractivity contribution in [3.05, 3.63) is 46.2 Å². The Bertz CT molecular complexity index is 589. The highest BCUT2D eigenvalue weighted by molar-refractivity contribution is 9.10. The highest BCUT2D eigenvalue weighted by atomic mass is 79.9. The first kappa shape index (κ1) is 15.7. The lowest BCUT2D eigenvalue weighted by Crippen LogP contribution is -2.19. The van der Waals surface area contributed by atoms with Crippen molar-refractivity contribution in [2.45, 2.75) is 13.2 Å². The summed E-state index contributed by atoms with van der Waals surface area (Å²) >= 11 is 3.45. The van der Waals surface area contributed by atoms with Crippen LogP contribution in [0, 0.1) is 0 Å². The van der Waals surface area contributed by atoms with E-state index in [1.807, 2.05) is 32.3 Å². The van der Waals surface area contributed by atoms with Crippen LogP contribution in [0.25, 0.3) is 0 Å². The molecule has 0 spiro atoms. The fourth-order valence-corrected chi connectivity index (χ4v) is 2.21. The highest BCUT2D eigenvalue weighted by Gasteiger charge is 2.08. The zero-order chi connectivity index (χ0) is 15.2. The Morgan fingerprint density at radius 1 is 1.24 bits per heavy atom. The molecule has 0 aliphatic carbocycles. The van der Waals surface area contributed by atoms with Gasteiger partial charge in [0.15, 0.2) is 5.82 Å². The summed E-state index contributed by atoms with van der Waals surface area (Å²) in [4.78, 5) is 11.0. The van der Waals surface area contributed by atoms with Crippen molar-refractivity contribution in [2.75, 3.05) is 31.4 Å². The first-order valence-corrected chi connectivity index (χ1v) is 7.42. The Morgan fingerprint density at radius 2 is 1.95 bits per heavy atom. The van der Waals surface area contributed by atoms with Crippen molar-refractivity contribution in [3.63, 3.8) is 0 Å². The number of anilines is 2. The molecule has 6 heteroatoms. The summed E-state index contributed by atoms with van der Waals surface area (Å²) in [5, 5.41) is 3.05. The summed E-state index contributed by atoms with van der Waals surface area (Å²) in [6, 6.07) is 10.2. The Labute approximate surface area is 133 Å². The van der Waals surface area contributed by atoms with Crippen LogP contribution in [-0.2, 0) is 17.9 Å². The fraction of sp³-hybridized carbons (Fsp3) is 0.333. The molecule has 0 unspecified atom stereocenters. The van der Waals surface area contributed by atoms with Crippen LogP contribution in [0.4, 0.5) is 11.6 Å². The van der Waals surface area contributed by atoms with E-state index in [0.29, 0.717) is 12.4 Å². The number of halogens is 1. The van der Waals surface area contributed by atoms with Gasteiger partial charge in [-0.25, -0.2) is 9.97 Å². The highest BCUT2D eigenvalue weighted by Crippen LogP contribution is 2.18. The number of hydrogen-bond donors (Lipinski definition) is 1. The van der Waals surface area contributed by atoms with E-state index in [1.165, 1.54) is 5.56 Å². The van der Waals surface area contributed by atoms with Crippen LogP contribution in [0.1, 0.15) is 11.4 Å². The molecule has 2 rings (SSSR count). The van der Waals surface area contributed by atoms with Crippen molar-refractivity contribution in [3.8, 4) is 0 Å². The summed E-state index contributed by atoms with van der Waals surface area (Å²) in [5.41, 5.74) is 1.22. The van der Waals surface area contributed by atoms with Gasteiger partial charge in [0, 0.05) is 38.3 Å². The molecule has 0 aliphatic heterocycles. The molecule has 1 N–H and O–H groups in total. The van der Waals surface area contributed by atoms with E-state index >= 15 is 0 Å². The first-order chi connectivity index (χ1) is 10.1. The van der Waals surface area contributed by atoms with Gasteiger partial charge in [-0.3, -0.25) is 0 Å². The lowest BCUT2D eigenvalue weighted by molar-refractivity contribution is 0.178. The van der Waals surface area contributed by atoms with Gasteiger partial charge >= 0.3 is 0 Å². The number of nitrogens with one attached hydrogen (secondary N) is 1. The van der Waals surface area contributed by atoms with Crippen molar-refractivity contribution in [1.29, 1.82) is 0 Å². The molecule has 2 aromatic rings. The van der Waals surface area contributed by atoms with Crippen LogP contribution in [-0.4, -0.2) is 31.2 Å². The molecule has 21 heavy (non-hydrogen) atoms. The minimum Gasteiger partial charge on any atom is -0.377 e. The molecule has 0 radical (unpaired) electrons. The third-order valence-corrected chi connectivity index (χ3v) is 3.54. The van der Waals surface area contributed by atoms with E-state index in [2.05, 4.69) is 48.2 Å². The zero-order valence-electron chi connectivity index (χ0n) is 12.4. The van der Waals surface area contributed by atoms with Crippen LogP contribution in [0.5, 0.6) is 0 Å². The minimum atomic E-state index is 0.397. The number of methoxy groups -OCH3 is 1. The standard InChI is InChI=1S/C15H19BrN4O/c1-17-13-8-15(19-14(18-13)10-21-3)20(2)9-11-4-6-12(16)7-5-11/h4-8H,9-10H2,1-3H3,(H,17,18,19). The molecule has 0 fully saturated rings. The van der Waals surface area contributed by atoms with Gasteiger partial charge in [-0.1, -0.05) is 28.1 Å². The van der Waals surface area contributed by atoms with Gasteiger partial charge in [-0.05, 0) is 17.7 Å². The number of benzene rings is 1. The van der Waals surface area contributed by atoms with Gasteiger partial charge in [0.2, 0.25) is 0 Å². The molecule has 0 atom stereocenters. The maximum absolute atomic E-state index is 5.12. The predicted octanol–water partition coefficient (Wildman–Crippen LogP) is 3.06. The molecule has 0 bridgehead atoms. The maximum atomic E-state index is 5.12. The fourth-order valence-electron chi connectivity index (χ4n) is 1.95. The lowest BCUT2D eigenvalue weighted by Gasteiger charge is -2.19. The van der Waals surface area contributed by atoms with E-state index in [4.69, 9.17) is 4.74 Å². The minimum absolute atomic E-state index is 0.397. The third kappa shape index (κ3) is 4.41. The summed E-state index contributed by atoms with van der Waals surface area (Å²) < 4.78 is 6.20. The van der Waals surface area contributed by atoms with E-state index in [9.17, 15) is 0 Å². The molecule has 1 aromatic carbocycles. The average Bonchev–Trinajstić information content (AvgIpc) is 2.49. The summed E-state index contributed by atoms with van der Waals surface area (Å²) in [7, 11) is 5.50. The van der Waals surface area contributed by atoms with E-state index in [-0.39, 0.29) is 0 Å². The molecule has 0 aliphatic rings. The Hall–Kier alpha value is -1.66. The quantitative estimate of drug-likeness (QED) is 0.867. The Kier molecular flexibility index (Phi) is 5.52. The van der Waals surface area contributed by atoms with Crippen LogP contribution in [0.2, 0.25) is 0 Å². The van der Waals surface area contributed by atoms with Crippen molar-refractivity contribution in [1.82, 2.24) is 9.97 Å². The van der Waals surface area contributed by atoms with Gasteiger partial charge in [-0.15, -0.1) is 0 Å². The second-order valence-electron chi connectivity index (χ2n) is 4.69. The van der Waals surface area contributed by atoms with E-state index in [0.717, 1.165) is 22.7 Å². The predicted molar refractivity (Wildman–Crippen MR) is 88.5 cm³/mol. The summed E-state index contributed by atoms with van der Waals surface area (Å²) in [5.74, 6) is 2.32. The molecule has 1 aromatic heterocycles. The molecule has 1 heterocycles. The molecule has 0 saturated heterocycles. The normalized spacial score (nSPS) is 10.5. The summed E-state index contributed by atoms with van der Waals surface area (Å²) in [6.07, 6.45) is 0. The Balaban J connectivity index is 2.19.